The first kappa shape index (κ1) is 12.8. The SMILES string of the molecule is O=C1c2ccccc2-c2cccc(/C=C/c3ccccc3)c21. The molecule has 0 radical (unpaired) electrons. The summed E-state index contributed by atoms with van der Waals surface area (Å²) < 4.78 is 0. The number of carbonyl (C=O) groups excluding carboxylic acids is 1. The minimum absolute atomic E-state index is 0.124. The highest BCUT2D eigenvalue weighted by Crippen LogP contribution is 2.38. The van der Waals surface area contributed by atoms with Crippen molar-refractivity contribution < 1.29 is 4.79 Å². The summed E-state index contributed by atoms with van der Waals surface area (Å²) in [4.78, 5) is 12.7. The summed E-state index contributed by atoms with van der Waals surface area (Å²) in [7, 11) is 0. The van der Waals surface area contributed by atoms with E-state index in [0.717, 1.165) is 33.4 Å². The van der Waals surface area contributed by atoms with E-state index in [4.69, 9.17) is 0 Å². The van der Waals surface area contributed by atoms with Crippen molar-refractivity contribution in [3.05, 3.63) is 95.1 Å². The quantitative estimate of drug-likeness (QED) is 0.469. The summed E-state index contributed by atoms with van der Waals surface area (Å²) in [6.07, 6.45) is 4.07. The van der Waals surface area contributed by atoms with Crippen molar-refractivity contribution in [1.82, 2.24) is 0 Å². The van der Waals surface area contributed by atoms with Crippen molar-refractivity contribution >= 4 is 17.9 Å². The van der Waals surface area contributed by atoms with Crippen LogP contribution in [-0.4, -0.2) is 5.78 Å². The van der Waals surface area contributed by atoms with Crippen molar-refractivity contribution in [2.45, 2.75) is 0 Å². The summed E-state index contributed by atoms with van der Waals surface area (Å²) >= 11 is 0. The van der Waals surface area contributed by atoms with E-state index in [9.17, 15) is 4.79 Å². The number of ketones is 1. The number of hydrogen-bond donors (Lipinski definition) is 0. The van der Waals surface area contributed by atoms with E-state index in [1.807, 2.05) is 72.8 Å². The van der Waals surface area contributed by atoms with Crippen LogP contribution in [-0.2, 0) is 0 Å². The van der Waals surface area contributed by atoms with Crippen molar-refractivity contribution in [1.29, 1.82) is 0 Å². The van der Waals surface area contributed by atoms with Gasteiger partial charge in [-0.1, -0.05) is 84.9 Å². The highest BCUT2D eigenvalue weighted by molar-refractivity contribution is 6.23. The zero-order valence-corrected chi connectivity index (χ0v) is 12.0. The summed E-state index contributed by atoms with van der Waals surface area (Å²) in [5, 5.41) is 0. The molecule has 0 amide bonds. The van der Waals surface area contributed by atoms with Crippen LogP contribution < -0.4 is 0 Å². The zero-order chi connectivity index (χ0) is 14.9. The number of hydrogen-bond acceptors (Lipinski definition) is 1. The second kappa shape index (κ2) is 5.12. The van der Waals surface area contributed by atoms with Crippen LogP contribution >= 0.6 is 0 Å². The minimum Gasteiger partial charge on any atom is -0.289 e. The van der Waals surface area contributed by atoms with Gasteiger partial charge in [-0.2, -0.15) is 0 Å². The number of rotatable bonds is 2. The van der Waals surface area contributed by atoms with Gasteiger partial charge >= 0.3 is 0 Å². The predicted octanol–water partition coefficient (Wildman–Crippen LogP) is 5.07. The van der Waals surface area contributed by atoms with Gasteiger partial charge in [-0.15, -0.1) is 0 Å². The van der Waals surface area contributed by atoms with Gasteiger partial charge in [0.25, 0.3) is 0 Å². The van der Waals surface area contributed by atoms with Crippen molar-refractivity contribution in [2.24, 2.45) is 0 Å². The molecule has 0 spiro atoms. The number of carbonyl (C=O) groups is 1. The lowest BCUT2D eigenvalue weighted by atomic mass is 10.00. The molecule has 3 aromatic rings. The lowest BCUT2D eigenvalue weighted by Crippen LogP contribution is -1.97. The third-order valence-corrected chi connectivity index (χ3v) is 4.04. The Hall–Kier alpha value is -2.93. The van der Waals surface area contributed by atoms with E-state index in [1.165, 1.54) is 0 Å². The molecule has 22 heavy (non-hydrogen) atoms. The molecule has 0 heterocycles. The predicted molar refractivity (Wildman–Crippen MR) is 90.7 cm³/mol. The van der Waals surface area contributed by atoms with E-state index >= 15 is 0 Å². The largest absolute Gasteiger partial charge is 0.289 e. The van der Waals surface area contributed by atoms with Gasteiger partial charge in [0, 0.05) is 11.1 Å². The molecule has 0 unspecified atom stereocenters. The Balaban J connectivity index is 1.82. The van der Waals surface area contributed by atoms with Crippen LogP contribution in [0.2, 0.25) is 0 Å². The molecule has 1 aliphatic rings. The second-order valence-corrected chi connectivity index (χ2v) is 5.39. The van der Waals surface area contributed by atoms with Crippen LogP contribution in [0, 0.1) is 0 Å². The first-order chi connectivity index (χ1) is 10.8. The third kappa shape index (κ3) is 1.99. The summed E-state index contributed by atoms with van der Waals surface area (Å²) in [5.41, 5.74) is 5.80. The van der Waals surface area contributed by atoms with E-state index in [0.29, 0.717) is 0 Å². The summed E-state index contributed by atoms with van der Waals surface area (Å²) in [6, 6.07) is 24.0. The summed E-state index contributed by atoms with van der Waals surface area (Å²) in [5.74, 6) is 0.124. The molecule has 0 bridgehead atoms. The molecule has 104 valence electrons. The van der Waals surface area contributed by atoms with Crippen LogP contribution in [0.3, 0.4) is 0 Å². The monoisotopic (exact) mass is 282 g/mol. The van der Waals surface area contributed by atoms with E-state index in [2.05, 4.69) is 12.1 Å². The molecular formula is C21H14O. The molecule has 0 saturated heterocycles. The van der Waals surface area contributed by atoms with Gasteiger partial charge in [-0.05, 0) is 22.3 Å². The Bertz CT molecular complexity index is 889. The van der Waals surface area contributed by atoms with Crippen LogP contribution in [0.5, 0.6) is 0 Å². The first-order valence-corrected chi connectivity index (χ1v) is 7.35. The van der Waals surface area contributed by atoms with Gasteiger partial charge in [0.05, 0.1) is 0 Å². The Kier molecular flexibility index (Phi) is 2.97. The smallest absolute Gasteiger partial charge is 0.194 e. The normalized spacial score (nSPS) is 12.5. The average molecular weight is 282 g/mol. The fourth-order valence-electron chi connectivity index (χ4n) is 2.99. The van der Waals surface area contributed by atoms with Crippen LogP contribution in [0.15, 0.2) is 72.8 Å². The van der Waals surface area contributed by atoms with Gasteiger partial charge in [0.2, 0.25) is 0 Å². The van der Waals surface area contributed by atoms with Crippen LogP contribution in [0.4, 0.5) is 0 Å². The van der Waals surface area contributed by atoms with Crippen molar-refractivity contribution in [3.63, 3.8) is 0 Å². The molecule has 0 fully saturated rings. The molecule has 4 rings (SSSR count). The van der Waals surface area contributed by atoms with Gasteiger partial charge < -0.3 is 0 Å². The lowest BCUT2D eigenvalue weighted by molar-refractivity contribution is 0.104. The molecule has 3 aromatic carbocycles. The van der Waals surface area contributed by atoms with Crippen molar-refractivity contribution in [3.8, 4) is 11.1 Å². The number of benzene rings is 3. The summed E-state index contributed by atoms with van der Waals surface area (Å²) in [6.45, 7) is 0. The van der Waals surface area contributed by atoms with Gasteiger partial charge in [0.15, 0.2) is 5.78 Å². The molecule has 0 aromatic heterocycles. The maximum absolute atomic E-state index is 12.7. The zero-order valence-electron chi connectivity index (χ0n) is 12.0. The Morgan fingerprint density at radius 3 is 2.09 bits per heavy atom. The maximum atomic E-state index is 12.7. The second-order valence-electron chi connectivity index (χ2n) is 5.39. The fourth-order valence-corrected chi connectivity index (χ4v) is 2.99. The third-order valence-electron chi connectivity index (χ3n) is 4.04. The van der Waals surface area contributed by atoms with Gasteiger partial charge in [0.1, 0.15) is 0 Å². The highest BCUT2D eigenvalue weighted by atomic mass is 16.1. The number of fused-ring (bicyclic) bond motifs is 3. The minimum atomic E-state index is 0.124. The molecule has 0 aliphatic heterocycles. The topological polar surface area (TPSA) is 17.1 Å². The van der Waals surface area contributed by atoms with Crippen LogP contribution in [0.25, 0.3) is 23.3 Å². The fraction of sp³-hybridized carbons (Fsp3) is 0. The first-order valence-electron chi connectivity index (χ1n) is 7.35. The molecular weight excluding hydrogens is 268 g/mol. The van der Waals surface area contributed by atoms with Gasteiger partial charge in [-0.25, -0.2) is 0 Å². The standard InChI is InChI=1S/C21H14O/c22-21-19-11-5-4-10-17(19)18-12-6-9-16(20(18)21)14-13-15-7-2-1-3-8-15/h1-14H/b14-13+. The van der Waals surface area contributed by atoms with Gasteiger partial charge in [-0.3, -0.25) is 4.79 Å². The van der Waals surface area contributed by atoms with E-state index < -0.39 is 0 Å². The molecule has 1 heteroatoms. The molecule has 1 nitrogen and oxygen atoms in total. The maximum Gasteiger partial charge on any atom is 0.194 e. The van der Waals surface area contributed by atoms with Crippen LogP contribution in [0.1, 0.15) is 27.0 Å². The Labute approximate surface area is 129 Å². The Morgan fingerprint density at radius 2 is 1.27 bits per heavy atom. The molecule has 0 saturated carbocycles. The van der Waals surface area contributed by atoms with E-state index in [-0.39, 0.29) is 5.78 Å². The highest BCUT2D eigenvalue weighted by Gasteiger charge is 2.27. The molecule has 1 aliphatic carbocycles. The average Bonchev–Trinajstić information content (AvgIpc) is 2.88. The molecule has 0 atom stereocenters. The lowest BCUT2D eigenvalue weighted by Gasteiger charge is -2.03. The molecule has 0 N–H and O–H groups in total. The van der Waals surface area contributed by atoms with Crippen molar-refractivity contribution in [2.75, 3.05) is 0 Å². The Morgan fingerprint density at radius 1 is 0.591 bits per heavy atom. The van der Waals surface area contributed by atoms with E-state index in [1.54, 1.807) is 0 Å².